The van der Waals surface area contributed by atoms with E-state index in [1.54, 1.807) is 12.3 Å². The van der Waals surface area contributed by atoms with Crippen molar-refractivity contribution < 1.29 is 22.7 Å². The maximum atomic E-state index is 12.5. The summed E-state index contributed by atoms with van der Waals surface area (Å²) in [5.74, 6) is -0.482. The van der Waals surface area contributed by atoms with Crippen LogP contribution in [0.4, 0.5) is 0 Å². The molecule has 0 bridgehead atoms. The van der Waals surface area contributed by atoms with Gasteiger partial charge in [0.05, 0.1) is 25.6 Å². The number of hydrogen-bond acceptors (Lipinski definition) is 5. The quantitative estimate of drug-likeness (QED) is 0.619. The maximum absolute atomic E-state index is 12.5. The van der Waals surface area contributed by atoms with E-state index in [0.29, 0.717) is 17.7 Å². The van der Waals surface area contributed by atoms with Crippen LogP contribution in [0.15, 0.2) is 60.0 Å². The second-order valence-corrected chi connectivity index (χ2v) is 10.7. The summed E-state index contributed by atoms with van der Waals surface area (Å²) < 4.78 is 37.3. The van der Waals surface area contributed by atoms with Crippen molar-refractivity contribution in [3.05, 3.63) is 65.6 Å². The van der Waals surface area contributed by atoms with Gasteiger partial charge >= 0.3 is 16.2 Å². The Balaban J connectivity index is 0.000000520. The summed E-state index contributed by atoms with van der Waals surface area (Å²) in [4.78, 5) is 12.5. The lowest BCUT2D eigenvalue weighted by atomic mass is 9.71. The number of benzene rings is 1. The second kappa shape index (κ2) is 10.8. The zero-order chi connectivity index (χ0) is 23.9. The molecule has 0 unspecified atom stereocenters. The summed E-state index contributed by atoms with van der Waals surface area (Å²) >= 11 is 0. The van der Waals surface area contributed by atoms with Crippen molar-refractivity contribution in [1.29, 1.82) is 0 Å². The molecule has 0 saturated heterocycles. The van der Waals surface area contributed by atoms with Gasteiger partial charge in [-0.1, -0.05) is 44.2 Å². The predicted molar refractivity (Wildman–Crippen MR) is 127 cm³/mol. The molecule has 1 aromatic rings. The summed E-state index contributed by atoms with van der Waals surface area (Å²) in [7, 11) is 2.14. The van der Waals surface area contributed by atoms with Crippen LogP contribution in [0.5, 0.6) is 0 Å². The summed E-state index contributed by atoms with van der Waals surface area (Å²) in [5.41, 5.74) is 2.25. The standard InChI is InChI=1S/C19H26N2O4S.C5H8O/c1-19(2)13-15(21(5)26(23,24)20(3)4)12-16(18(22)25-6)17(19)14-10-8-7-9-11-14;1-2-4-6-5-3-1/h7-12H,13H2,1-6H3;2,4H,1,3,5H2. The molecule has 7 nitrogen and oxygen atoms in total. The Bertz CT molecular complexity index is 984. The number of allylic oxidation sites excluding steroid dienone is 3. The molecule has 0 amide bonds. The zero-order valence-corrected chi connectivity index (χ0v) is 20.6. The molecule has 0 atom stereocenters. The number of esters is 1. The molecule has 32 heavy (non-hydrogen) atoms. The van der Waals surface area contributed by atoms with Crippen molar-refractivity contribution in [2.45, 2.75) is 33.1 Å². The summed E-state index contributed by atoms with van der Waals surface area (Å²) in [5, 5.41) is 0. The molecular formula is C24H34N2O5S. The number of methoxy groups -OCH3 is 1. The Kier molecular flexibility index (Phi) is 8.69. The highest BCUT2D eigenvalue weighted by atomic mass is 32.2. The number of ether oxygens (including phenoxy) is 2. The van der Waals surface area contributed by atoms with Gasteiger partial charge < -0.3 is 9.47 Å². The molecule has 0 spiro atoms. The van der Waals surface area contributed by atoms with Crippen molar-refractivity contribution in [3.63, 3.8) is 0 Å². The Labute approximate surface area is 192 Å². The smallest absolute Gasteiger partial charge is 0.338 e. The minimum absolute atomic E-state index is 0.380. The molecule has 2 aliphatic rings. The van der Waals surface area contributed by atoms with E-state index >= 15 is 0 Å². The molecule has 3 rings (SSSR count). The number of nitrogens with zero attached hydrogens (tertiary/aromatic N) is 2. The molecule has 0 aromatic heterocycles. The largest absolute Gasteiger partial charge is 0.502 e. The van der Waals surface area contributed by atoms with Gasteiger partial charge in [0.1, 0.15) is 0 Å². The Hall–Kier alpha value is -2.58. The van der Waals surface area contributed by atoms with E-state index in [1.165, 1.54) is 45.4 Å². The van der Waals surface area contributed by atoms with Gasteiger partial charge in [0.15, 0.2) is 0 Å². The van der Waals surface area contributed by atoms with Gasteiger partial charge in [0.25, 0.3) is 0 Å². The van der Waals surface area contributed by atoms with Crippen molar-refractivity contribution >= 4 is 21.8 Å². The van der Waals surface area contributed by atoms with Crippen molar-refractivity contribution in [3.8, 4) is 0 Å². The van der Waals surface area contributed by atoms with Gasteiger partial charge in [-0.15, -0.1) is 0 Å². The zero-order valence-electron chi connectivity index (χ0n) is 19.8. The van der Waals surface area contributed by atoms with Crippen molar-refractivity contribution in [2.24, 2.45) is 5.41 Å². The monoisotopic (exact) mass is 462 g/mol. The highest BCUT2D eigenvalue weighted by molar-refractivity contribution is 7.86. The van der Waals surface area contributed by atoms with Crippen LogP contribution in [0, 0.1) is 5.41 Å². The third-order valence-electron chi connectivity index (χ3n) is 5.39. The number of carbonyl (C=O) groups is 1. The number of carbonyl (C=O) groups excluding carboxylic acids is 1. The lowest BCUT2D eigenvalue weighted by Gasteiger charge is -2.37. The van der Waals surface area contributed by atoms with Crippen LogP contribution in [0.25, 0.3) is 5.57 Å². The first-order valence-corrected chi connectivity index (χ1v) is 11.9. The van der Waals surface area contributed by atoms with E-state index in [9.17, 15) is 13.2 Å². The van der Waals surface area contributed by atoms with Crippen LogP contribution in [-0.2, 0) is 24.5 Å². The topological polar surface area (TPSA) is 76.1 Å². The fourth-order valence-corrected chi connectivity index (χ4v) is 4.61. The molecule has 0 saturated carbocycles. The van der Waals surface area contributed by atoms with E-state index < -0.39 is 21.6 Å². The molecular weight excluding hydrogens is 428 g/mol. The normalized spacial score (nSPS) is 17.7. The minimum Gasteiger partial charge on any atom is -0.502 e. The fraction of sp³-hybridized carbons (Fsp3) is 0.458. The van der Waals surface area contributed by atoms with Gasteiger partial charge in [0, 0.05) is 26.8 Å². The lowest BCUT2D eigenvalue weighted by molar-refractivity contribution is -0.135. The molecule has 0 radical (unpaired) electrons. The first kappa shape index (κ1) is 25.7. The van der Waals surface area contributed by atoms with Crippen LogP contribution in [0.2, 0.25) is 0 Å². The molecule has 8 heteroatoms. The summed E-state index contributed by atoms with van der Waals surface area (Å²) in [6.07, 6.45) is 8.30. The van der Waals surface area contributed by atoms with Crippen molar-refractivity contribution in [2.75, 3.05) is 34.9 Å². The molecule has 0 N–H and O–H groups in total. The summed E-state index contributed by atoms with van der Waals surface area (Å²) in [6, 6.07) is 9.62. The SMILES string of the molecule is C1=COCCC1.COC(=O)C1=C(c2ccccc2)C(C)(C)CC(N(C)S(=O)(=O)N(C)C)=C1. The highest BCUT2D eigenvalue weighted by Gasteiger charge is 2.37. The third-order valence-corrected chi connectivity index (χ3v) is 7.23. The fourth-order valence-electron chi connectivity index (χ4n) is 3.70. The molecule has 176 valence electrons. The van der Waals surface area contributed by atoms with Gasteiger partial charge in [-0.25, -0.2) is 4.79 Å². The Morgan fingerprint density at radius 1 is 1.12 bits per heavy atom. The van der Waals surface area contributed by atoms with Crippen LogP contribution in [-0.4, -0.2) is 57.9 Å². The van der Waals surface area contributed by atoms with Crippen LogP contribution in [0.3, 0.4) is 0 Å². The van der Waals surface area contributed by atoms with E-state index in [1.807, 2.05) is 50.3 Å². The minimum atomic E-state index is -3.64. The maximum Gasteiger partial charge on any atom is 0.338 e. The van der Waals surface area contributed by atoms with Crippen LogP contribution >= 0.6 is 0 Å². The second-order valence-electron chi connectivity index (χ2n) is 8.49. The molecule has 1 heterocycles. The predicted octanol–water partition coefficient (Wildman–Crippen LogP) is 3.98. The molecule has 1 aliphatic carbocycles. The molecule has 1 aliphatic heterocycles. The van der Waals surface area contributed by atoms with E-state index in [-0.39, 0.29) is 0 Å². The Morgan fingerprint density at radius 2 is 1.78 bits per heavy atom. The number of rotatable bonds is 5. The van der Waals surface area contributed by atoms with Gasteiger partial charge in [-0.3, -0.25) is 4.31 Å². The highest BCUT2D eigenvalue weighted by Crippen LogP contribution is 2.46. The van der Waals surface area contributed by atoms with Crippen LogP contribution in [0.1, 0.15) is 38.7 Å². The van der Waals surface area contributed by atoms with E-state index in [2.05, 4.69) is 0 Å². The van der Waals surface area contributed by atoms with E-state index in [4.69, 9.17) is 9.47 Å². The van der Waals surface area contributed by atoms with Gasteiger partial charge in [-0.2, -0.15) is 12.7 Å². The average Bonchev–Trinajstić information content (AvgIpc) is 2.78. The van der Waals surface area contributed by atoms with Gasteiger partial charge in [-0.05, 0) is 48.0 Å². The van der Waals surface area contributed by atoms with E-state index in [0.717, 1.165) is 22.0 Å². The van der Waals surface area contributed by atoms with Crippen molar-refractivity contribution in [1.82, 2.24) is 8.61 Å². The Morgan fingerprint density at radius 3 is 2.22 bits per heavy atom. The first-order chi connectivity index (χ1) is 15.0. The van der Waals surface area contributed by atoms with Crippen LogP contribution < -0.4 is 0 Å². The van der Waals surface area contributed by atoms with Gasteiger partial charge in [0.2, 0.25) is 0 Å². The summed E-state index contributed by atoms with van der Waals surface area (Å²) in [6.45, 7) is 4.92. The average molecular weight is 463 g/mol. The molecule has 1 aromatic carbocycles. The number of hydrogen-bond donors (Lipinski definition) is 0. The lowest BCUT2D eigenvalue weighted by Crippen LogP contribution is -2.39. The third kappa shape index (κ3) is 6.01. The first-order valence-electron chi connectivity index (χ1n) is 10.5. The molecule has 0 fully saturated rings.